The van der Waals surface area contributed by atoms with Gasteiger partial charge in [-0.05, 0) is 47.0 Å². The van der Waals surface area contributed by atoms with Crippen molar-refractivity contribution in [2.75, 3.05) is 38.3 Å². The standard InChI is InChI=1S/C15H25N3O2/c1-6-20-14(19)11-8-7-9-12(16)13(11)17-10-15(2,3)18(4)5/h7-9,17H,6,10,16H2,1-5H3. The average Bonchev–Trinajstić information content (AvgIpc) is 2.37. The van der Waals surface area contributed by atoms with E-state index in [0.717, 1.165) is 0 Å². The van der Waals surface area contributed by atoms with Crippen LogP contribution < -0.4 is 11.1 Å². The van der Waals surface area contributed by atoms with Crippen LogP contribution in [0.4, 0.5) is 11.4 Å². The Morgan fingerprint density at radius 3 is 2.60 bits per heavy atom. The molecule has 0 heterocycles. The maximum absolute atomic E-state index is 11.9. The molecule has 0 spiro atoms. The summed E-state index contributed by atoms with van der Waals surface area (Å²) >= 11 is 0. The summed E-state index contributed by atoms with van der Waals surface area (Å²) in [6.07, 6.45) is 0. The number of rotatable bonds is 6. The van der Waals surface area contributed by atoms with E-state index in [1.54, 1.807) is 25.1 Å². The van der Waals surface area contributed by atoms with E-state index in [1.165, 1.54) is 0 Å². The SMILES string of the molecule is CCOC(=O)c1cccc(N)c1NCC(C)(C)N(C)C. The number of esters is 1. The number of carbonyl (C=O) groups excluding carboxylic acids is 1. The zero-order valence-corrected chi connectivity index (χ0v) is 13.0. The molecule has 1 aromatic rings. The van der Waals surface area contributed by atoms with Crippen molar-refractivity contribution < 1.29 is 9.53 Å². The molecule has 1 aromatic carbocycles. The Labute approximate surface area is 121 Å². The second-order valence-corrected chi connectivity index (χ2v) is 5.55. The van der Waals surface area contributed by atoms with Crippen molar-refractivity contribution in [2.45, 2.75) is 26.3 Å². The van der Waals surface area contributed by atoms with Crippen molar-refractivity contribution in [3.8, 4) is 0 Å². The molecule has 0 saturated carbocycles. The molecule has 0 aliphatic heterocycles. The zero-order chi connectivity index (χ0) is 15.3. The molecule has 0 bridgehead atoms. The second kappa shape index (κ2) is 6.61. The van der Waals surface area contributed by atoms with Crippen LogP contribution in [0.3, 0.4) is 0 Å². The predicted molar refractivity (Wildman–Crippen MR) is 83.1 cm³/mol. The fourth-order valence-electron chi connectivity index (χ4n) is 1.61. The van der Waals surface area contributed by atoms with Crippen LogP contribution in [0, 0.1) is 0 Å². The number of ether oxygens (including phenoxy) is 1. The number of carbonyl (C=O) groups is 1. The van der Waals surface area contributed by atoms with Crippen molar-refractivity contribution in [2.24, 2.45) is 0 Å². The fourth-order valence-corrected chi connectivity index (χ4v) is 1.61. The number of anilines is 2. The van der Waals surface area contributed by atoms with Gasteiger partial charge < -0.3 is 20.7 Å². The van der Waals surface area contributed by atoms with E-state index in [2.05, 4.69) is 24.1 Å². The van der Waals surface area contributed by atoms with Crippen LogP contribution in [0.1, 0.15) is 31.1 Å². The topological polar surface area (TPSA) is 67.6 Å². The Morgan fingerprint density at radius 2 is 2.05 bits per heavy atom. The Kier molecular flexibility index (Phi) is 5.39. The molecule has 0 unspecified atom stereocenters. The Balaban J connectivity index is 2.97. The monoisotopic (exact) mass is 279 g/mol. The third-order valence-electron chi connectivity index (χ3n) is 3.50. The maximum atomic E-state index is 11.9. The third kappa shape index (κ3) is 3.87. The van der Waals surface area contributed by atoms with E-state index in [0.29, 0.717) is 30.1 Å². The summed E-state index contributed by atoms with van der Waals surface area (Å²) in [7, 11) is 4.03. The highest BCUT2D eigenvalue weighted by Gasteiger charge is 2.22. The fraction of sp³-hybridized carbons (Fsp3) is 0.533. The van der Waals surface area contributed by atoms with Gasteiger partial charge >= 0.3 is 5.97 Å². The quantitative estimate of drug-likeness (QED) is 0.617. The van der Waals surface area contributed by atoms with Crippen molar-refractivity contribution in [1.82, 2.24) is 4.90 Å². The molecule has 3 N–H and O–H groups in total. The van der Waals surface area contributed by atoms with Crippen molar-refractivity contribution in [3.63, 3.8) is 0 Å². The van der Waals surface area contributed by atoms with Gasteiger partial charge in [-0.1, -0.05) is 6.07 Å². The minimum Gasteiger partial charge on any atom is -0.462 e. The molecule has 112 valence electrons. The number of hydrogen-bond acceptors (Lipinski definition) is 5. The van der Waals surface area contributed by atoms with Gasteiger partial charge in [0, 0.05) is 12.1 Å². The van der Waals surface area contributed by atoms with Gasteiger partial charge in [0.25, 0.3) is 0 Å². The van der Waals surface area contributed by atoms with E-state index in [1.807, 2.05) is 14.1 Å². The highest BCUT2D eigenvalue weighted by molar-refractivity contribution is 5.98. The van der Waals surface area contributed by atoms with Gasteiger partial charge in [0.05, 0.1) is 23.5 Å². The number of nitrogen functional groups attached to an aromatic ring is 1. The van der Waals surface area contributed by atoms with Gasteiger partial charge in [0.15, 0.2) is 0 Å². The number of nitrogens with zero attached hydrogens (tertiary/aromatic N) is 1. The molecule has 1 rings (SSSR count). The van der Waals surface area contributed by atoms with Crippen LogP contribution in [0.25, 0.3) is 0 Å². The number of hydrogen-bond donors (Lipinski definition) is 2. The first-order valence-electron chi connectivity index (χ1n) is 6.76. The molecule has 0 aliphatic rings. The normalized spacial score (nSPS) is 11.5. The van der Waals surface area contributed by atoms with Crippen LogP contribution >= 0.6 is 0 Å². The van der Waals surface area contributed by atoms with Crippen molar-refractivity contribution >= 4 is 17.3 Å². The second-order valence-electron chi connectivity index (χ2n) is 5.55. The third-order valence-corrected chi connectivity index (χ3v) is 3.50. The number of nitrogens with two attached hydrogens (primary N) is 1. The lowest BCUT2D eigenvalue weighted by atomic mass is 10.0. The number of likely N-dealkylation sites (N-methyl/N-ethyl adjacent to an activating group) is 1. The molecular formula is C15H25N3O2. The van der Waals surface area contributed by atoms with Crippen LogP contribution in [0.15, 0.2) is 18.2 Å². The lowest BCUT2D eigenvalue weighted by molar-refractivity contribution is 0.0527. The molecule has 0 atom stereocenters. The molecule has 0 saturated heterocycles. The molecule has 0 aromatic heterocycles. The van der Waals surface area contributed by atoms with E-state index < -0.39 is 0 Å². The first-order chi connectivity index (χ1) is 9.29. The van der Waals surface area contributed by atoms with Gasteiger partial charge in [0.2, 0.25) is 0 Å². The van der Waals surface area contributed by atoms with E-state index in [4.69, 9.17) is 10.5 Å². The molecule has 0 fully saturated rings. The summed E-state index contributed by atoms with van der Waals surface area (Å²) < 4.78 is 5.06. The van der Waals surface area contributed by atoms with Crippen LogP contribution in [0.2, 0.25) is 0 Å². The molecule has 20 heavy (non-hydrogen) atoms. The summed E-state index contributed by atoms with van der Waals surface area (Å²) in [4.78, 5) is 14.1. The summed E-state index contributed by atoms with van der Waals surface area (Å²) in [5.41, 5.74) is 7.58. The minimum absolute atomic E-state index is 0.0613. The number of benzene rings is 1. The van der Waals surface area contributed by atoms with E-state index >= 15 is 0 Å². The number of para-hydroxylation sites is 1. The minimum atomic E-state index is -0.357. The molecule has 5 heteroatoms. The van der Waals surface area contributed by atoms with Gasteiger partial charge in [-0.25, -0.2) is 4.79 Å². The number of nitrogens with one attached hydrogen (secondary N) is 1. The van der Waals surface area contributed by atoms with Gasteiger partial charge in [-0.3, -0.25) is 0 Å². The van der Waals surface area contributed by atoms with Crippen LogP contribution in [-0.4, -0.2) is 43.7 Å². The highest BCUT2D eigenvalue weighted by atomic mass is 16.5. The maximum Gasteiger partial charge on any atom is 0.340 e. The van der Waals surface area contributed by atoms with Crippen molar-refractivity contribution in [1.29, 1.82) is 0 Å². The van der Waals surface area contributed by atoms with Gasteiger partial charge in [0.1, 0.15) is 0 Å². The van der Waals surface area contributed by atoms with Crippen LogP contribution in [-0.2, 0) is 4.74 Å². The lowest BCUT2D eigenvalue weighted by Crippen LogP contribution is -2.44. The van der Waals surface area contributed by atoms with E-state index in [9.17, 15) is 4.79 Å². The van der Waals surface area contributed by atoms with E-state index in [-0.39, 0.29) is 11.5 Å². The molecular weight excluding hydrogens is 254 g/mol. The molecule has 5 nitrogen and oxygen atoms in total. The smallest absolute Gasteiger partial charge is 0.340 e. The first-order valence-corrected chi connectivity index (χ1v) is 6.76. The summed E-state index contributed by atoms with van der Waals surface area (Å²) in [5, 5.41) is 3.27. The molecule has 0 amide bonds. The predicted octanol–water partition coefficient (Wildman–Crippen LogP) is 2.20. The Hall–Kier alpha value is -1.75. The van der Waals surface area contributed by atoms with Crippen LogP contribution in [0.5, 0.6) is 0 Å². The largest absolute Gasteiger partial charge is 0.462 e. The van der Waals surface area contributed by atoms with Crippen molar-refractivity contribution in [3.05, 3.63) is 23.8 Å². The Bertz CT molecular complexity index is 470. The summed E-state index contributed by atoms with van der Waals surface area (Å²) in [6, 6.07) is 5.25. The van der Waals surface area contributed by atoms with Gasteiger partial charge in [-0.15, -0.1) is 0 Å². The molecule has 0 radical (unpaired) electrons. The first kappa shape index (κ1) is 16.3. The zero-order valence-electron chi connectivity index (χ0n) is 13.0. The average molecular weight is 279 g/mol. The Morgan fingerprint density at radius 1 is 1.40 bits per heavy atom. The lowest BCUT2D eigenvalue weighted by Gasteiger charge is -2.33. The molecule has 0 aliphatic carbocycles. The summed E-state index contributed by atoms with van der Waals surface area (Å²) in [5.74, 6) is -0.357. The summed E-state index contributed by atoms with van der Waals surface area (Å²) in [6.45, 7) is 7.02. The highest BCUT2D eigenvalue weighted by Crippen LogP contribution is 2.25. The van der Waals surface area contributed by atoms with Gasteiger partial charge in [-0.2, -0.15) is 0 Å².